The van der Waals surface area contributed by atoms with Gasteiger partial charge in [-0.2, -0.15) is 0 Å². The second kappa shape index (κ2) is 4.81. The van der Waals surface area contributed by atoms with Gasteiger partial charge in [0.25, 0.3) is 0 Å². The molecule has 0 atom stereocenters. The molecule has 1 aromatic carbocycles. The van der Waals surface area contributed by atoms with E-state index in [1.807, 2.05) is 12.1 Å². The Hall–Kier alpha value is -1.22. The van der Waals surface area contributed by atoms with Crippen LogP contribution in [0.3, 0.4) is 0 Å². The van der Waals surface area contributed by atoms with E-state index in [0.29, 0.717) is 13.2 Å². The summed E-state index contributed by atoms with van der Waals surface area (Å²) in [7, 11) is 0. The van der Waals surface area contributed by atoms with Crippen LogP contribution in [0.25, 0.3) is 0 Å². The molecule has 0 amide bonds. The van der Waals surface area contributed by atoms with Crippen LogP contribution in [0.2, 0.25) is 0 Å². The highest BCUT2D eigenvalue weighted by Gasteiger charge is 2.27. The van der Waals surface area contributed by atoms with Crippen LogP contribution < -0.4 is 9.47 Å². The van der Waals surface area contributed by atoms with E-state index in [9.17, 15) is 5.11 Å². The highest BCUT2D eigenvalue weighted by atomic mass is 16.5. The van der Waals surface area contributed by atoms with Crippen molar-refractivity contribution in [2.75, 3.05) is 13.2 Å². The van der Waals surface area contributed by atoms with Gasteiger partial charge in [0.1, 0.15) is 0 Å². The van der Waals surface area contributed by atoms with Crippen molar-refractivity contribution < 1.29 is 14.6 Å². The van der Waals surface area contributed by atoms with Gasteiger partial charge in [-0.3, -0.25) is 0 Å². The molecule has 18 heavy (non-hydrogen) atoms. The van der Waals surface area contributed by atoms with E-state index in [2.05, 4.69) is 13.8 Å². The Morgan fingerprint density at radius 1 is 1.17 bits per heavy atom. The molecule has 0 radical (unpaired) electrons. The lowest BCUT2D eigenvalue weighted by molar-refractivity contribution is 0.0768. The first-order chi connectivity index (χ1) is 8.41. The zero-order valence-corrected chi connectivity index (χ0v) is 11.6. The SMILES string of the molecule is CC(C)c1c(C(C)(C)O)ccc2c1OCCCO2. The van der Waals surface area contributed by atoms with Crippen molar-refractivity contribution in [2.45, 2.75) is 45.6 Å². The van der Waals surface area contributed by atoms with E-state index < -0.39 is 5.60 Å². The Bertz CT molecular complexity index is 430. The molecule has 2 rings (SSSR count). The van der Waals surface area contributed by atoms with Crippen LogP contribution in [-0.4, -0.2) is 18.3 Å². The lowest BCUT2D eigenvalue weighted by atomic mass is 9.87. The fraction of sp³-hybridized carbons (Fsp3) is 0.600. The molecule has 0 saturated carbocycles. The molecule has 3 heteroatoms. The molecule has 0 spiro atoms. The Balaban J connectivity index is 2.61. The molecule has 3 nitrogen and oxygen atoms in total. The smallest absolute Gasteiger partial charge is 0.164 e. The van der Waals surface area contributed by atoms with E-state index in [4.69, 9.17) is 9.47 Å². The maximum absolute atomic E-state index is 10.3. The van der Waals surface area contributed by atoms with Gasteiger partial charge < -0.3 is 14.6 Å². The van der Waals surface area contributed by atoms with Crippen LogP contribution in [0.15, 0.2) is 12.1 Å². The van der Waals surface area contributed by atoms with Crippen molar-refractivity contribution in [3.8, 4) is 11.5 Å². The lowest BCUT2D eigenvalue weighted by Crippen LogP contribution is -2.19. The first-order valence-electron chi connectivity index (χ1n) is 6.56. The van der Waals surface area contributed by atoms with Crippen LogP contribution in [0.4, 0.5) is 0 Å². The second-order valence-electron chi connectivity index (χ2n) is 5.62. The molecule has 1 aliphatic heterocycles. The fourth-order valence-corrected chi connectivity index (χ4v) is 2.36. The van der Waals surface area contributed by atoms with Crippen LogP contribution >= 0.6 is 0 Å². The summed E-state index contributed by atoms with van der Waals surface area (Å²) in [5.41, 5.74) is 1.10. The van der Waals surface area contributed by atoms with Gasteiger partial charge in [-0.25, -0.2) is 0 Å². The van der Waals surface area contributed by atoms with Gasteiger partial charge in [0.2, 0.25) is 0 Å². The highest BCUT2D eigenvalue weighted by Crippen LogP contribution is 2.42. The van der Waals surface area contributed by atoms with Crippen LogP contribution in [0, 0.1) is 0 Å². The third kappa shape index (κ3) is 2.46. The van der Waals surface area contributed by atoms with Crippen molar-refractivity contribution in [3.05, 3.63) is 23.3 Å². The molecular weight excluding hydrogens is 228 g/mol. The molecular formula is C15H22O3. The van der Waals surface area contributed by atoms with E-state index in [1.165, 1.54) is 0 Å². The lowest BCUT2D eigenvalue weighted by Gasteiger charge is -2.26. The van der Waals surface area contributed by atoms with Gasteiger partial charge in [-0.05, 0) is 31.4 Å². The molecule has 1 heterocycles. The van der Waals surface area contributed by atoms with Crippen molar-refractivity contribution in [1.29, 1.82) is 0 Å². The molecule has 100 valence electrons. The maximum Gasteiger partial charge on any atom is 0.164 e. The topological polar surface area (TPSA) is 38.7 Å². The van der Waals surface area contributed by atoms with E-state index in [1.54, 1.807) is 13.8 Å². The minimum absolute atomic E-state index is 0.281. The summed E-state index contributed by atoms with van der Waals surface area (Å²) in [6, 6.07) is 3.85. The predicted molar refractivity (Wildman–Crippen MR) is 71.4 cm³/mol. The Kier molecular flexibility index (Phi) is 3.53. The van der Waals surface area contributed by atoms with Crippen molar-refractivity contribution in [2.24, 2.45) is 0 Å². The van der Waals surface area contributed by atoms with Gasteiger partial charge in [-0.1, -0.05) is 19.9 Å². The van der Waals surface area contributed by atoms with Crippen molar-refractivity contribution in [1.82, 2.24) is 0 Å². The largest absolute Gasteiger partial charge is 0.490 e. The monoisotopic (exact) mass is 250 g/mol. The average Bonchev–Trinajstić information content (AvgIpc) is 2.50. The van der Waals surface area contributed by atoms with Crippen LogP contribution in [-0.2, 0) is 5.60 Å². The third-order valence-electron chi connectivity index (χ3n) is 3.19. The second-order valence-corrected chi connectivity index (χ2v) is 5.62. The molecule has 0 aromatic heterocycles. The standard InChI is InChI=1S/C15H22O3/c1-10(2)13-11(15(3,4)16)6-7-12-14(13)18-9-5-8-17-12/h6-7,10,16H,5,8-9H2,1-4H3. The molecule has 0 fully saturated rings. The zero-order valence-electron chi connectivity index (χ0n) is 11.6. The Morgan fingerprint density at radius 3 is 2.44 bits per heavy atom. The first-order valence-corrected chi connectivity index (χ1v) is 6.56. The molecule has 0 unspecified atom stereocenters. The summed E-state index contributed by atoms with van der Waals surface area (Å²) in [6.45, 7) is 9.18. The van der Waals surface area contributed by atoms with Gasteiger partial charge in [0, 0.05) is 12.0 Å². The fourth-order valence-electron chi connectivity index (χ4n) is 2.36. The Labute approximate surface area is 109 Å². The van der Waals surface area contributed by atoms with Gasteiger partial charge in [-0.15, -0.1) is 0 Å². The summed E-state index contributed by atoms with van der Waals surface area (Å²) in [6.07, 6.45) is 0.893. The third-order valence-corrected chi connectivity index (χ3v) is 3.19. The van der Waals surface area contributed by atoms with E-state index in [-0.39, 0.29) is 5.92 Å². The van der Waals surface area contributed by atoms with Gasteiger partial charge in [0.05, 0.1) is 18.8 Å². The number of fused-ring (bicyclic) bond motifs is 1. The molecule has 0 bridgehead atoms. The van der Waals surface area contributed by atoms with Gasteiger partial charge in [0.15, 0.2) is 11.5 Å². The zero-order chi connectivity index (χ0) is 13.3. The quantitative estimate of drug-likeness (QED) is 0.876. The summed E-state index contributed by atoms with van der Waals surface area (Å²) in [4.78, 5) is 0. The minimum atomic E-state index is -0.871. The molecule has 1 N–H and O–H groups in total. The van der Waals surface area contributed by atoms with Crippen molar-refractivity contribution in [3.63, 3.8) is 0 Å². The molecule has 0 aliphatic carbocycles. The predicted octanol–water partition coefficient (Wildman–Crippen LogP) is 3.20. The number of hydrogen-bond acceptors (Lipinski definition) is 3. The number of rotatable bonds is 2. The average molecular weight is 250 g/mol. The van der Waals surface area contributed by atoms with Crippen molar-refractivity contribution >= 4 is 0 Å². The van der Waals surface area contributed by atoms with Gasteiger partial charge >= 0.3 is 0 Å². The van der Waals surface area contributed by atoms with Crippen LogP contribution in [0.5, 0.6) is 11.5 Å². The summed E-state index contributed by atoms with van der Waals surface area (Å²) < 4.78 is 11.5. The molecule has 0 saturated heterocycles. The number of ether oxygens (including phenoxy) is 2. The van der Waals surface area contributed by atoms with E-state index >= 15 is 0 Å². The number of aliphatic hydroxyl groups is 1. The minimum Gasteiger partial charge on any atom is -0.490 e. The Morgan fingerprint density at radius 2 is 1.83 bits per heavy atom. The maximum atomic E-state index is 10.3. The molecule has 1 aromatic rings. The summed E-state index contributed by atoms with van der Waals surface area (Å²) in [5.74, 6) is 1.88. The summed E-state index contributed by atoms with van der Waals surface area (Å²) in [5, 5.41) is 10.3. The highest BCUT2D eigenvalue weighted by molar-refractivity contribution is 5.54. The number of hydrogen-bond donors (Lipinski definition) is 1. The normalized spacial score (nSPS) is 15.7. The first kappa shape index (κ1) is 13.2. The summed E-state index contributed by atoms with van der Waals surface area (Å²) >= 11 is 0. The number of benzene rings is 1. The molecule has 1 aliphatic rings. The van der Waals surface area contributed by atoms with Crippen LogP contribution in [0.1, 0.15) is 51.2 Å². The van der Waals surface area contributed by atoms with E-state index in [0.717, 1.165) is 29.0 Å².